The summed E-state index contributed by atoms with van der Waals surface area (Å²) >= 11 is 3.61. The molecule has 2 saturated carbocycles. The summed E-state index contributed by atoms with van der Waals surface area (Å²) < 4.78 is 38.5. The molecule has 2 aromatic heterocycles. The molecule has 6 aliphatic rings. The molecule has 0 saturated heterocycles. The minimum absolute atomic E-state index is 0.0107. The van der Waals surface area contributed by atoms with Crippen molar-refractivity contribution in [1.82, 2.24) is 19.8 Å². The molecule has 4 heterocycles. The molecule has 2 fully saturated rings. The van der Waals surface area contributed by atoms with E-state index in [1.54, 1.807) is 30.2 Å². The molecule has 4 aliphatic carbocycles. The van der Waals surface area contributed by atoms with Gasteiger partial charge in [-0.3, -0.25) is 29.4 Å². The fraction of sp³-hybridized carbons (Fsp3) is 0.345. The molecule has 18 heteroatoms. The molecule has 2 atom stereocenters. The van der Waals surface area contributed by atoms with Crippen LogP contribution < -0.4 is 16.9 Å². The molecular weight excluding hydrogens is 1030 g/mol. The van der Waals surface area contributed by atoms with Crippen LogP contribution >= 0.6 is 15.9 Å². The van der Waals surface area contributed by atoms with Crippen LogP contribution in [0.15, 0.2) is 148 Å². The van der Waals surface area contributed by atoms with Gasteiger partial charge in [0.1, 0.15) is 11.6 Å². The highest BCUT2D eigenvalue weighted by molar-refractivity contribution is 9.10. The number of amides is 2. The lowest BCUT2D eigenvalue weighted by Crippen LogP contribution is -2.52. The molecule has 76 heavy (non-hydrogen) atoms. The zero-order valence-electron chi connectivity index (χ0n) is 42.4. The van der Waals surface area contributed by atoms with E-state index in [4.69, 9.17) is 41.0 Å². The molecular formula is C58H60BBrF2N8O6. The Labute approximate surface area is 449 Å². The van der Waals surface area contributed by atoms with Crippen LogP contribution in [0.4, 0.5) is 8.78 Å². The molecule has 4 aromatic carbocycles. The summed E-state index contributed by atoms with van der Waals surface area (Å²) in [7, 11) is 1.87. The second kappa shape index (κ2) is 21.4. The van der Waals surface area contributed by atoms with Gasteiger partial charge in [-0.2, -0.15) is 0 Å². The normalized spacial score (nSPS) is 26.0. The average molecular weight is 1090 g/mol. The number of aromatic nitrogens is 2. The molecule has 6 aromatic rings. The van der Waals surface area contributed by atoms with Gasteiger partial charge in [-0.1, -0.05) is 94.8 Å². The largest absolute Gasteiger partial charge is 0.490 e. The summed E-state index contributed by atoms with van der Waals surface area (Å²) in [6, 6.07) is 34.6. The first-order valence-electron chi connectivity index (χ1n) is 25.6. The van der Waals surface area contributed by atoms with E-state index in [-0.39, 0.29) is 46.3 Å². The Bertz CT molecular complexity index is 3190. The van der Waals surface area contributed by atoms with Crippen LogP contribution in [-0.4, -0.2) is 87.1 Å². The first-order valence-corrected chi connectivity index (χ1v) is 26.4. The zero-order chi connectivity index (χ0) is 53.4. The molecule has 2 unspecified atom stereocenters. The van der Waals surface area contributed by atoms with Gasteiger partial charge in [0, 0.05) is 52.9 Å². The number of ether oxygens (including phenoxy) is 2. The highest BCUT2D eigenvalue weighted by Gasteiger charge is 2.68. The molecule has 12 rings (SSSR count). The number of nitrogens with zero attached hydrogens (tertiary/aromatic N) is 6. The summed E-state index contributed by atoms with van der Waals surface area (Å²) in [6.07, 6.45) is 14.1. The van der Waals surface area contributed by atoms with Crippen LogP contribution in [0, 0.1) is 22.5 Å². The molecule has 14 nitrogen and oxygen atoms in total. The summed E-state index contributed by atoms with van der Waals surface area (Å²) in [5, 5.41) is 17.0. The van der Waals surface area contributed by atoms with Crippen molar-refractivity contribution >= 4 is 52.2 Å². The number of halogens is 3. The molecule has 2 aliphatic heterocycles. The molecule has 4 spiro atoms. The maximum Gasteiger partial charge on any atom is 0.490 e. The number of carbonyl (C=O) groups excluding carboxylic acids is 2. The third-order valence-electron chi connectivity index (χ3n) is 16.7. The van der Waals surface area contributed by atoms with Crippen LogP contribution in [0.3, 0.4) is 0 Å². The summed E-state index contributed by atoms with van der Waals surface area (Å²) in [5.74, 6) is -0.465. The number of guanidine groups is 2. The van der Waals surface area contributed by atoms with Crippen molar-refractivity contribution < 1.29 is 37.9 Å². The van der Waals surface area contributed by atoms with E-state index in [9.17, 15) is 18.4 Å². The Kier molecular flexibility index (Phi) is 14.8. The van der Waals surface area contributed by atoms with E-state index >= 15 is 0 Å². The van der Waals surface area contributed by atoms with E-state index in [1.807, 2.05) is 72.8 Å². The quantitative estimate of drug-likeness (QED) is 0.110. The maximum atomic E-state index is 14.5. The molecule has 0 radical (unpaired) electrons. The van der Waals surface area contributed by atoms with Crippen molar-refractivity contribution in [3.8, 4) is 11.1 Å². The highest BCUT2D eigenvalue weighted by atomic mass is 79.9. The van der Waals surface area contributed by atoms with Crippen molar-refractivity contribution in [2.75, 3.05) is 14.2 Å². The lowest BCUT2D eigenvalue weighted by molar-refractivity contribution is -0.139. The lowest BCUT2D eigenvalue weighted by Gasteiger charge is -2.45. The smallest absolute Gasteiger partial charge is 0.423 e. The van der Waals surface area contributed by atoms with Gasteiger partial charge in [0.15, 0.2) is 23.0 Å². The Balaban J connectivity index is 0.000000148. The highest BCUT2D eigenvalue weighted by Crippen LogP contribution is 2.64. The monoisotopic (exact) mass is 1090 g/mol. The fourth-order valence-electron chi connectivity index (χ4n) is 12.9. The topological polar surface area (TPSA) is 202 Å². The van der Waals surface area contributed by atoms with Crippen molar-refractivity contribution in [2.45, 2.75) is 101 Å². The van der Waals surface area contributed by atoms with Crippen molar-refractivity contribution in [1.29, 1.82) is 0 Å². The number of rotatable bonds is 8. The predicted octanol–water partition coefficient (Wildman–Crippen LogP) is 7.61. The van der Waals surface area contributed by atoms with Gasteiger partial charge in [0.25, 0.3) is 11.8 Å². The number of benzene rings is 4. The molecule has 2 amide bonds. The first-order chi connectivity index (χ1) is 36.6. The number of hydrogen-bond acceptors (Lipinski definition) is 12. The average Bonchev–Trinajstić information content (AvgIpc) is 4.18. The number of nitrogens with two attached hydrogens (primary N) is 2. The lowest BCUT2D eigenvalue weighted by atomic mass is 9.61. The Morgan fingerprint density at radius 1 is 0.618 bits per heavy atom. The fourth-order valence-corrected chi connectivity index (χ4v) is 13.2. The molecule has 0 bridgehead atoms. The number of methoxy groups -OCH3 is 2. The van der Waals surface area contributed by atoms with E-state index in [0.29, 0.717) is 24.6 Å². The summed E-state index contributed by atoms with van der Waals surface area (Å²) in [6.45, 7) is 0.813. The number of aliphatic imine (C=N–C) groups is 2. The summed E-state index contributed by atoms with van der Waals surface area (Å²) in [5.41, 5.74) is 18.0. The van der Waals surface area contributed by atoms with Crippen LogP contribution in [0.25, 0.3) is 11.1 Å². The van der Waals surface area contributed by atoms with E-state index in [2.05, 4.69) is 50.2 Å². The van der Waals surface area contributed by atoms with E-state index < -0.39 is 29.8 Å². The second-order valence-electron chi connectivity index (χ2n) is 20.8. The van der Waals surface area contributed by atoms with E-state index in [1.165, 1.54) is 24.0 Å². The van der Waals surface area contributed by atoms with Gasteiger partial charge in [0.2, 0.25) is 0 Å². The number of pyridine rings is 2. The predicted molar refractivity (Wildman–Crippen MR) is 289 cm³/mol. The van der Waals surface area contributed by atoms with Crippen molar-refractivity contribution in [3.05, 3.63) is 183 Å². The van der Waals surface area contributed by atoms with Crippen molar-refractivity contribution in [3.63, 3.8) is 0 Å². The van der Waals surface area contributed by atoms with Gasteiger partial charge in [-0.25, -0.2) is 18.8 Å². The summed E-state index contributed by atoms with van der Waals surface area (Å²) in [4.78, 5) is 49.4. The Morgan fingerprint density at radius 3 is 1.53 bits per heavy atom. The van der Waals surface area contributed by atoms with Gasteiger partial charge >= 0.3 is 7.12 Å². The number of carbonyl (C=O) groups is 2. The SMILES string of the molecule is COC1CCC2(CC1)Cc1ccc(-c3cncc(F)c3)cc1C21N=C(N)N(Cc2ccccc2)C1=O.COC1CCC2(CC1)Cc1ccc(Br)cc1C21N=C(N)N(Cc2ccccc2)C1=O.OB(O)c1cncc(F)c1. The van der Waals surface area contributed by atoms with Crippen LogP contribution in [0.1, 0.15) is 84.7 Å². The van der Waals surface area contributed by atoms with Gasteiger partial charge in [0.05, 0.1) is 37.7 Å². The second-order valence-corrected chi connectivity index (χ2v) is 21.7. The van der Waals surface area contributed by atoms with Crippen LogP contribution in [-0.2, 0) is 56.1 Å². The third-order valence-corrected chi connectivity index (χ3v) is 17.1. The van der Waals surface area contributed by atoms with Gasteiger partial charge < -0.3 is 31.0 Å². The number of fused-ring (bicyclic) bond motifs is 6. The van der Waals surface area contributed by atoms with E-state index in [0.717, 1.165) is 114 Å². The zero-order valence-corrected chi connectivity index (χ0v) is 44.0. The molecule has 6 N–H and O–H groups in total. The number of hydrogen-bond donors (Lipinski definition) is 4. The molecule has 392 valence electrons. The Morgan fingerprint density at radius 2 is 1.08 bits per heavy atom. The first kappa shape index (κ1) is 52.7. The third kappa shape index (κ3) is 9.41. The maximum absolute atomic E-state index is 14.5. The van der Waals surface area contributed by atoms with Crippen molar-refractivity contribution in [2.24, 2.45) is 32.3 Å². The minimum atomic E-state index is -1.65. The Hall–Kier alpha value is -6.70. The van der Waals surface area contributed by atoms with Crippen LogP contribution in [0.2, 0.25) is 0 Å². The van der Waals surface area contributed by atoms with Crippen LogP contribution in [0.5, 0.6) is 0 Å². The van der Waals surface area contributed by atoms with Gasteiger partial charge in [-0.15, -0.1) is 0 Å². The standard InChI is InChI=1S/C29H29FN4O2.C24H26BrN3O2.C5H5BFNO2/c1-36-24-9-11-28(12-10-24)15-21-8-7-20(22-13-23(30)17-32-16-22)14-25(21)29(28)26(35)34(27(31)33-29)18-19-5-3-2-4-6-19;1-30-19-9-11-23(12-10-19)14-17-7-8-18(25)13-20(17)24(23)21(29)28(22(26)27-24)15-16-5-3-2-4-6-16;7-5-1-4(6(9)10)2-8-3-5/h2-8,13-14,16-17,24H,9-12,15,18H2,1H3,(H2,31,33);2-8,13,19H,9-12,14-15H2,1H3,(H2,26,27);1-3,9-10H. The van der Waals surface area contributed by atoms with Gasteiger partial charge in [-0.05, 0) is 133 Å². The minimum Gasteiger partial charge on any atom is -0.423 e.